The minimum atomic E-state index is 0.576. The number of allylic oxidation sites excluding steroid dienone is 4. The monoisotopic (exact) mass is 882 g/mol. The molecule has 5 heteroatoms. The van der Waals surface area contributed by atoms with Crippen LogP contribution >= 0.6 is 0 Å². The molecule has 13 rings (SSSR count). The van der Waals surface area contributed by atoms with Crippen molar-refractivity contribution in [2.75, 3.05) is 0 Å². The van der Waals surface area contributed by atoms with Gasteiger partial charge in [-0.15, -0.1) is 0 Å². The van der Waals surface area contributed by atoms with Crippen LogP contribution in [0.4, 0.5) is 0 Å². The Kier molecular flexibility index (Phi) is 9.41. The lowest BCUT2D eigenvalue weighted by Gasteiger charge is -2.21. The van der Waals surface area contributed by atoms with E-state index in [9.17, 15) is 0 Å². The van der Waals surface area contributed by atoms with Crippen LogP contribution in [0.1, 0.15) is 5.82 Å². The number of hydrogen-bond donors (Lipinski definition) is 0. The summed E-state index contributed by atoms with van der Waals surface area (Å²) in [6, 6.07) is 75.3. The number of nitrogens with zero attached hydrogens (tertiary/aromatic N) is 4. The van der Waals surface area contributed by atoms with Gasteiger partial charge < -0.3 is 13.6 Å². The molecular formula is C64H42N4O. The summed E-state index contributed by atoms with van der Waals surface area (Å²) in [6.45, 7) is 8.10. The molecule has 0 spiro atoms. The first kappa shape index (κ1) is 40.0. The van der Waals surface area contributed by atoms with E-state index in [2.05, 4.69) is 216 Å². The molecule has 0 N–H and O–H groups in total. The zero-order valence-electron chi connectivity index (χ0n) is 37.6. The largest absolute Gasteiger partial charge is 0.455 e. The van der Waals surface area contributed by atoms with E-state index >= 15 is 0 Å². The standard InChI is InChI=1S/C64H42N4O/c1-3-21-41(4-2)64-65-53(44-26-13-7-14-27-44)40-54(66-64)45-38-51(42-22-9-5-10-23-42)61(52(39-45)43-24-11-6-12-25-43)68-56-33-20-18-31-50(56)60-58(68)37-35-48-47-34-36-57-59(62(47)69-63(48)60)49-30-17-19-32-55(49)67(57)46-28-15-8-16-29-46/h3-40H,1-2H2/b41-21+. The van der Waals surface area contributed by atoms with Crippen LogP contribution in [0, 0.1) is 0 Å². The molecule has 0 aliphatic rings. The molecule has 324 valence electrons. The first-order valence-electron chi connectivity index (χ1n) is 23.2. The van der Waals surface area contributed by atoms with E-state index in [1.54, 1.807) is 12.2 Å². The van der Waals surface area contributed by atoms with E-state index in [0.717, 1.165) is 127 Å². The Morgan fingerprint density at radius 1 is 0.420 bits per heavy atom. The minimum Gasteiger partial charge on any atom is -0.455 e. The van der Waals surface area contributed by atoms with Crippen molar-refractivity contribution in [3.05, 3.63) is 250 Å². The van der Waals surface area contributed by atoms with E-state index in [0.29, 0.717) is 5.82 Å². The van der Waals surface area contributed by atoms with Gasteiger partial charge in [-0.2, -0.15) is 0 Å². The molecule has 0 fully saturated rings. The van der Waals surface area contributed by atoms with Crippen molar-refractivity contribution in [1.82, 2.24) is 19.1 Å². The third-order valence-electron chi connectivity index (χ3n) is 13.5. The van der Waals surface area contributed by atoms with Crippen LogP contribution in [0.3, 0.4) is 0 Å². The third-order valence-corrected chi connectivity index (χ3v) is 13.5. The molecule has 0 unspecified atom stereocenters. The molecule has 0 radical (unpaired) electrons. The van der Waals surface area contributed by atoms with Gasteiger partial charge in [0, 0.05) is 55.1 Å². The van der Waals surface area contributed by atoms with Gasteiger partial charge in [-0.25, -0.2) is 9.97 Å². The van der Waals surface area contributed by atoms with Crippen LogP contribution in [-0.4, -0.2) is 19.1 Å². The van der Waals surface area contributed by atoms with Crippen LogP contribution in [0.25, 0.3) is 127 Å². The zero-order valence-corrected chi connectivity index (χ0v) is 37.6. The third kappa shape index (κ3) is 6.40. The maximum absolute atomic E-state index is 7.35. The highest BCUT2D eigenvalue weighted by Gasteiger charge is 2.26. The van der Waals surface area contributed by atoms with Gasteiger partial charge >= 0.3 is 0 Å². The highest BCUT2D eigenvalue weighted by atomic mass is 16.3. The second-order valence-corrected chi connectivity index (χ2v) is 17.4. The summed E-state index contributed by atoms with van der Waals surface area (Å²) < 4.78 is 12.1. The van der Waals surface area contributed by atoms with Crippen molar-refractivity contribution in [3.63, 3.8) is 0 Å². The van der Waals surface area contributed by atoms with Gasteiger partial charge in [-0.05, 0) is 77.9 Å². The van der Waals surface area contributed by atoms with Crippen molar-refractivity contribution in [3.8, 4) is 56.1 Å². The van der Waals surface area contributed by atoms with Crippen molar-refractivity contribution in [1.29, 1.82) is 0 Å². The number of fused-ring (bicyclic) bond motifs is 11. The van der Waals surface area contributed by atoms with Crippen molar-refractivity contribution >= 4 is 71.1 Å². The number of aromatic nitrogens is 4. The lowest BCUT2D eigenvalue weighted by molar-refractivity contribution is 0.677. The van der Waals surface area contributed by atoms with Crippen LogP contribution in [0.5, 0.6) is 0 Å². The molecule has 13 aromatic rings. The van der Waals surface area contributed by atoms with Crippen LogP contribution < -0.4 is 0 Å². The Morgan fingerprint density at radius 3 is 1.42 bits per heavy atom. The lowest BCUT2D eigenvalue weighted by Crippen LogP contribution is -2.03. The fourth-order valence-electron chi connectivity index (χ4n) is 10.4. The molecular weight excluding hydrogens is 841 g/mol. The summed E-state index contributed by atoms with van der Waals surface area (Å²) in [5.74, 6) is 0.576. The Balaban J connectivity index is 1.13. The highest BCUT2D eigenvalue weighted by Crippen LogP contribution is 2.48. The Bertz CT molecular complexity index is 4140. The SMILES string of the molecule is C=C/C=C(\C=C)c1nc(-c2ccccc2)cc(-c2cc(-c3ccccc3)c(-n3c4ccccc4c4c5oc6c(ccc7c6c6ccccc6n7-c6ccccc6)c5ccc43)c(-c3ccccc3)c2)n1. The maximum atomic E-state index is 7.35. The number of benzene rings is 9. The first-order valence-corrected chi connectivity index (χ1v) is 23.2. The Hall–Kier alpha value is -9.32. The van der Waals surface area contributed by atoms with Crippen LogP contribution in [-0.2, 0) is 0 Å². The van der Waals surface area contributed by atoms with E-state index in [1.807, 2.05) is 24.3 Å². The Morgan fingerprint density at radius 2 is 0.884 bits per heavy atom. The molecule has 4 heterocycles. The summed E-state index contributed by atoms with van der Waals surface area (Å²) in [4.78, 5) is 10.4. The van der Waals surface area contributed by atoms with Gasteiger partial charge in [0.05, 0.1) is 49.9 Å². The molecule has 0 amide bonds. The van der Waals surface area contributed by atoms with Gasteiger partial charge in [0.15, 0.2) is 5.82 Å². The van der Waals surface area contributed by atoms with Crippen molar-refractivity contribution in [2.45, 2.75) is 0 Å². The summed E-state index contributed by atoms with van der Waals surface area (Å²) in [5, 5.41) is 6.62. The molecule has 0 atom stereocenters. The van der Waals surface area contributed by atoms with Crippen molar-refractivity contribution in [2.24, 2.45) is 0 Å². The van der Waals surface area contributed by atoms with Crippen LogP contribution in [0.2, 0.25) is 0 Å². The summed E-state index contributed by atoms with van der Waals surface area (Å²) in [7, 11) is 0. The smallest absolute Gasteiger partial charge is 0.160 e. The lowest BCUT2D eigenvalue weighted by atomic mass is 9.91. The fraction of sp³-hybridized carbons (Fsp3) is 0. The van der Waals surface area contributed by atoms with Crippen molar-refractivity contribution < 1.29 is 4.42 Å². The second-order valence-electron chi connectivity index (χ2n) is 17.4. The van der Waals surface area contributed by atoms with E-state index < -0.39 is 0 Å². The molecule has 5 nitrogen and oxygen atoms in total. The molecule has 69 heavy (non-hydrogen) atoms. The highest BCUT2D eigenvalue weighted by molar-refractivity contribution is 6.29. The van der Waals surface area contributed by atoms with E-state index in [1.165, 1.54) is 0 Å². The molecule has 0 aliphatic heterocycles. The zero-order chi connectivity index (χ0) is 46.0. The normalized spacial score (nSPS) is 12.0. The molecule has 4 aromatic heterocycles. The number of hydrogen-bond acceptors (Lipinski definition) is 3. The molecule has 0 saturated carbocycles. The van der Waals surface area contributed by atoms with Gasteiger partial charge in [0.2, 0.25) is 0 Å². The molecule has 0 aliphatic carbocycles. The molecule has 0 saturated heterocycles. The van der Waals surface area contributed by atoms with Gasteiger partial charge in [0.1, 0.15) is 11.2 Å². The molecule has 9 aromatic carbocycles. The predicted molar refractivity (Wildman–Crippen MR) is 288 cm³/mol. The topological polar surface area (TPSA) is 48.8 Å². The quantitative estimate of drug-likeness (QED) is 0.136. The van der Waals surface area contributed by atoms with E-state index in [4.69, 9.17) is 14.4 Å². The van der Waals surface area contributed by atoms with Crippen LogP contribution in [0.15, 0.2) is 248 Å². The summed E-state index contributed by atoms with van der Waals surface area (Å²) >= 11 is 0. The maximum Gasteiger partial charge on any atom is 0.160 e. The van der Waals surface area contributed by atoms with E-state index in [-0.39, 0.29) is 0 Å². The molecule has 0 bridgehead atoms. The van der Waals surface area contributed by atoms with Gasteiger partial charge in [0.25, 0.3) is 0 Å². The predicted octanol–water partition coefficient (Wildman–Crippen LogP) is 17.0. The summed E-state index contributed by atoms with van der Waals surface area (Å²) in [6.07, 6.45) is 5.44. The minimum absolute atomic E-state index is 0.576. The number of rotatable bonds is 9. The van der Waals surface area contributed by atoms with Gasteiger partial charge in [-0.1, -0.05) is 177 Å². The average molecular weight is 883 g/mol. The fourth-order valence-corrected chi connectivity index (χ4v) is 10.4. The first-order chi connectivity index (χ1) is 34.2. The van der Waals surface area contributed by atoms with Gasteiger partial charge in [-0.3, -0.25) is 0 Å². The number of furan rings is 1. The summed E-state index contributed by atoms with van der Waals surface area (Å²) in [5.41, 5.74) is 16.9. The Labute approximate surface area is 398 Å². The average Bonchev–Trinajstić information content (AvgIpc) is 4.08. The second kappa shape index (κ2) is 16.2. The number of para-hydroxylation sites is 3.